The van der Waals surface area contributed by atoms with E-state index in [2.05, 4.69) is 25.5 Å². The van der Waals surface area contributed by atoms with Gasteiger partial charge in [0.15, 0.2) is 11.6 Å². The smallest absolute Gasteiger partial charge is 0.259 e. The summed E-state index contributed by atoms with van der Waals surface area (Å²) in [5.41, 5.74) is 2.58. The van der Waals surface area contributed by atoms with E-state index in [1.54, 1.807) is 23.0 Å². The molecule has 0 aliphatic carbocycles. The largest absolute Gasteiger partial charge is 0.348 e. The number of rotatable bonds is 5. The number of halogens is 1. The Morgan fingerprint density at radius 2 is 2.00 bits per heavy atom. The first-order valence-electron chi connectivity index (χ1n) is 10.1. The lowest BCUT2D eigenvalue weighted by Crippen LogP contribution is -2.23. The Morgan fingerprint density at radius 1 is 1.19 bits per heavy atom. The van der Waals surface area contributed by atoms with Gasteiger partial charge in [0.25, 0.3) is 11.8 Å². The highest BCUT2D eigenvalue weighted by Gasteiger charge is 2.22. The number of hydrogen-bond acceptors (Lipinski definition) is 6. The highest BCUT2D eigenvalue weighted by atomic mass is 35.5. The Labute approximate surface area is 190 Å². The summed E-state index contributed by atoms with van der Waals surface area (Å²) in [6, 6.07) is 11.0. The zero-order chi connectivity index (χ0) is 22.9. The number of carbonyl (C=O) groups is 1. The fraction of sp³-hybridized carbons (Fsp3) is 0.261. The molecule has 8 nitrogen and oxygen atoms in total. The third kappa shape index (κ3) is 4.55. The van der Waals surface area contributed by atoms with Crippen molar-refractivity contribution in [3.8, 4) is 17.3 Å². The van der Waals surface area contributed by atoms with E-state index in [0.29, 0.717) is 45.9 Å². The van der Waals surface area contributed by atoms with Crippen molar-refractivity contribution in [2.45, 2.75) is 39.7 Å². The van der Waals surface area contributed by atoms with Crippen molar-refractivity contribution >= 4 is 17.5 Å². The first-order chi connectivity index (χ1) is 15.2. The number of amides is 1. The first kappa shape index (κ1) is 21.7. The Bertz CT molecular complexity index is 1250. The van der Waals surface area contributed by atoms with Crippen LogP contribution in [0.3, 0.4) is 0 Å². The highest BCUT2D eigenvalue weighted by molar-refractivity contribution is 6.30. The Hall–Kier alpha value is -3.52. The van der Waals surface area contributed by atoms with Crippen molar-refractivity contribution in [1.82, 2.24) is 30.2 Å². The first-order valence-corrected chi connectivity index (χ1v) is 10.5. The van der Waals surface area contributed by atoms with E-state index >= 15 is 0 Å². The van der Waals surface area contributed by atoms with E-state index in [9.17, 15) is 4.79 Å². The van der Waals surface area contributed by atoms with Crippen LogP contribution in [0.2, 0.25) is 5.02 Å². The van der Waals surface area contributed by atoms with Crippen molar-refractivity contribution in [3.05, 3.63) is 76.5 Å². The second-order valence-corrected chi connectivity index (χ2v) is 8.88. The van der Waals surface area contributed by atoms with E-state index in [4.69, 9.17) is 16.1 Å². The number of carbonyl (C=O) groups excluding carboxylic acids is 1. The van der Waals surface area contributed by atoms with Gasteiger partial charge in [-0.3, -0.25) is 4.79 Å². The van der Waals surface area contributed by atoms with Crippen LogP contribution in [-0.4, -0.2) is 30.8 Å². The number of nitrogens with one attached hydrogen (secondary N) is 1. The van der Waals surface area contributed by atoms with Crippen molar-refractivity contribution in [3.63, 3.8) is 0 Å². The molecule has 1 N–H and O–H groups in total. The molecule has 164 valence electrons. The molecule has 0 saturated heterocycles. The maximum Gasteiger partial charge on any atom is 0.259 e. The van der Waals surface area contributed by atoms with Crippen molar-refractivity contribution in [2.75, 3.05) is 0 Å². The molecule has 0 fully saturated rings. The summed E-state index contributed by atoms with van der Waals surface area (Å²) in [5, 5.41) is 11.9. The average Bonchev–Trinajstić information content (AvgIpc) is 3.40. The minimum absolute atomic E-state index is 0.203. The molecule has 1 amide bonds. The van der Waals surface area contributed by atoms with Gasteiger partial charge in [0, 0.05) is 23.2 Å². The number of nitrogens with zero attached hydrogens (tertiary/aromatic N) is 5. The third-order valence-corrected chi connectivity index (χ3v) is 5.14. The lowest BCUT2D eigenvalue weighted by Gasteiger charge is -2.10. The predicted molar refractivity (Wildman–Crippen MR) is 121 cm³/mol. The molecule has 9 heteroatoms. The van der Waals surface area contributed by atoms with Crippen LogP contribution in [0.1, 0.15) is 48.2 Å². The van der Waals surface area contributed by atoms with Gasteiger partial charge in [0.05, 0.1) is 23.0 Å². The zero-order valence-corrected chi connectivity index (χ0v) is 19.0. The minimum atomic E-state index is -0.217. The monoisotopic (exact) mass is 450 g/mol. The molecule has 0 saturated carbocycles. The van der Waals surface area contributed by atoms with Gasteiger partial charge in [-0.05, 0) is 36.8 Å². The van der Waals surface area contributed by atoms with Gasteiger partial charge in [-0.1, -0.05) is 49.7 Å². The molecule has 0 unspecified atom stereocenters. The van der Waals surface area contributed by atoms with E-state index < -0.39 is 0 Å². The van der Waals surface area contributed by atoms with Crippen molar-refractivity contribution in [2.24, 2.45) is 0 Å². The SMILES string of the molecule is Cc1c(C(=O)NCc2cccc(Cl)c2)cnn1-c1ccc(-c2nc(C(C)(C)C)no2)cn1. The summed E-state index contributed by atoms with van der Waals surface area (Å²) in [5.74, 6) is 1.40. The van der Waals surface area contributed by atoms with Gasteiger partial charge >= 0.3 is 0 Å². The molecule has 32 heavy (non-hydrogen) atoms. The van der Waals surface area contributed by atoms with Crippen LogP contribution in [0.5, 0.6) is 0 Å². The van der Waals surface area contributed by atoms with Gasteiger partial charge in [-0.2, -0.15) is 10.1 Å². The molecule has 0 aliphatic heterocycles. The Morgan fingerprint density at radius 3 is 2.66 bits per heavy atom. The second kappa shape index (κ2) is 8.55. The molecule has 0 aliphatic rings. The van der Waals surface area contributed by atoms with Crippen LogP contribution in [0, 0.1) is 6.92 Å². The normalized spacial score (nSPS) is 11.5. The second-order valence-electron chi connectivity index (χ2n) is 8.45. The van der Waals surface area contributed by atoms with Gasteiger partial charge < -0.3 is 9.84 Å². The maximum absolute atomic E-state index is 12.6. The molecule has 0 atom stereocenters. The van der Waals surface area contributed by atoms with E-state index in [0.717, 1.165) is 5.56 Å². The fourth-order valence-corrected chi connectivity index (χ4v) is 3.28. The number of pyridine rings is 1. The Balaban J connectivity index is 1.49. The van der Waals surface area contributed by atoms with Crippen LogP contribution in [0.4, 0.5) is 0 Å². The molecule has 4 aromatic rings. The van der Waals surface area contributed by atoms with Crippen molar-refractivity contribution in [1.29, 1.82) is 0 Å². The summed E-state index contributed by atoms with van der Waals surface area (Å²) in [6.07, 6.45) is 3.18. The summed E-state index contributed by atoms with van der Waals surface area (Å²) < 4.78 is 6.99. The zero-order valence-electron chi connectivity index (χ0n) is 18.3. The van der Waals surface area contributed by atoms with Gasteiger partial charge in [0.2, 0.25) is 0 Å². The molecule has 4 rings (SSSR count). The molecule has 3 heterocycles. The van der Waals surface area contributed by atoms with Gasteiger partial charge in [-0.25, -0.2) is 9.67 Å². The number of benzene rings is 1. The van der Waals surface area contributed by atoms with Gasteiger partial charge in [0.1, 0.15) is 0 Å². The summed E-state index contributed by atoms with van der Waals surface area (Å²) in [6.45, 7) is 8.26. The molecule has 0 radical (unpaired) electrons. The maximum atomic E-state index is 12.6. The summed E-state index contributed by atoms with van der Waals surface area (Å²) in [7, 11) is 0. The topological polar surface area (TPSA) is 98.7 Å². The fourth-order valence-electron chi connectivity index (χ4n) is 3.07. The van der Waals surface area contributed by atoms with Gasteiger partial charge in [-0.15, -0.1) is 0 Å². The summed E-state index contributed by atoms with van der Waals surface area (Å²) >= 11 is 6.00. The molecular weight excluding hydrogens is 428 g/mol. The number of aromatic nitrogens is 5. The molecule has 0 spiro atoms. The summed E-state index contributed by atoms with van der Waals surface area (Å²) in [4.78, 5) is 21.6. The van der Waals surface area contributed by atoms with Crippen molar-refractivity contribution < 1.29 is 9.32 Å². The van der Waals surface area contributed by atoms with E-state index in [-0.39, 0.29) is 11.3 Å². The van der Waals surface area contributed by atoms with Crippen LogP contribution < -0.4 is 5.32 Å². The minimum Gasteiger partial charge on any atom is -0.348 e. The van der Waals surface area contributed by atoms with E-state index in [1.165, 1.54) is 6.20 Å². The van der Waals surface area contributed by atoms with Crippen LogP contribution >= 0.6 is 11.6 Å². The van der Waals surface area contributed by atoms with E-state index in [1.807, 2.05) is 52.0 Å². The highest BCUT2D eigenvalue weighted by Crippen LogP contribution is 2.24. The molecule has 1 aromatic carbocycles. The Kier molecular flexibility index (Phi) is 5.80. The lowest BCUT2D eigenvalue weighted by atomic mass is 9.96. The molecular formula is C23H23ClN6O2. The quantitative estimate of drug-likeness (QED) is 0.480. The standard InChI is InChI=1S/C23H23ClN6O2/c1-14-18(20(31)26-11-15-6-5-7-17(24)10-15)13-27-30(14)19-9-8-16(12-25-19)21-28-22(29-32-21)23(2,3)4/h5-10,12-13H,11H2,1-4H3,(H,26,31). The number of hydrogen-bond donors (Lipinski definition) is 1. The molecule has 0 bridgehead atoms. The van der Waals surface area contributed by atoms with Crippen LogP contribution in [0.25, 0.3) is 17.3 Å². The average molecular weight is 451 g/mol. The van der Waals surface area contributed by atoms with Crippen LogP contribution in [-0.2, 0) is 12.0 Å². The molecule has 3 aromatic heterocycles. The lowest BCUT2D eigenvalue weighted by molar-refractivity contribution is 0.0950. The third-order valence-electron chi connectivity index (χ3n) is 4.91. The predicted octanol–water partition coefficient (Wildman–Crippen LogP) is 4.51. The van der Waals surface area contributed by atoms with Crippen LogP contribution in [0.15, 0.2) is 53.3 Å².